The molecule has 1 heterocycles. The first kappa shape index (κ1) is 21.4. The first-order valence-electron chi connectivity index (χ1n) is 8.61. The van der Waals surface area contributed by atoms with Crippen LogP contribution in [0, 0.1) is 6.92 Å². The Bertz CT molecular complexity index is 877. The maximum Gasteiger partial charge on any atom is 0.244 e. The number of rotatable bonds is 10. The minimum Gasteiger partial charge on any atom is -0.492 e. The van der Waals surface area contributed by atoms with Crippen LogP contribution in [0.1, 0.15) is 19.7 Å². The van der Waals surface area contributed by atoms with E-state index in [4.69, 9.17) is 4.74 Å². The third-order valence-electron chi connectivity index (χ3n) is 3.41. The van der Waals surface area contributed by atoms with Gasteiger partial charge in [-0.25, -0.2) is 23.1 Å². The first-order valence-corrected chi connectivity index (χ1v) is 10.9. The fourth-order valence-corrected chi connectivity index (χ4v) is 4.06. The Morgan fingerprint density at radius 1 is 1.07 bits per heavy atom. The van der Waals surface area contributed by atoms with Crippen LogP contribution in [0.3, 0.4) is 0 Å². The van der Waals surface area contributed by atoms with E-state index in [2.05, 4.69) is 41.3 Å². The summed E-state index contributed by atoms with van der Waals surface area (Å²) in [7, 11) is -3.71. The molecular weight excluding hydrogens is 434 g/mol. The number of sulfonamides is 1. The highest BCUT2D eigenvalue weighted by molar-refractivity contribution is 9.10. The van der Waals surface area contributed by atoms with E-state index in [9.17, 15) is 8.42 Å². The summed E-state index contributed by atoms with van der Waals surface area (Å²) >= 11 is 3.30. The molecule has 0 radical (unpaired) electrons. The SMILES string of the molecule is CCNc1cc(NCCNS(=O)(=O)c2cc(Br)ccc2OCC)nc(C)n1. The standard InChI is InChI=1S/C17H24BrN5O3S/c1-4-19-16-11-17(23-12(3)22-16)20-8-9-21-27(24,25)15-10-13(18)6-7-14(15)26-5-2/h6-7,10-11,21H,4-5,8-9H2,1-3H3,(H2,19,20,22,23). The molecule has 0 saturated heterocycles. The maximum atomic E-state index is 12.6. The molecule has 2 rings (SSSR count). The Balaban J connectivity index is 2.00. The van der Waals surface area contributed by atoms with Gasteiger partial charge in [0.05, 0.1) is 6.61 Å². The number of ether oxygens (including phenoxy) is 1. The Hall–Kier alpha value is -1.91. The fraction of sp³-hybridized carbons (Fsp3) is 0.412. The van der Waals surface area contributed by atoms with Crippen molar-refractivity contribution >= 4 is 37.6 Å². The van der Waals surface area contributed by atoms with Crippen molar-refractivity contribution in [1.29, 1.82) is 0 Å². The van der Waals surface area contributed by atoms with Crippen molar-refractivity contribution in [2.45, 2.75) is 25.7 Å². The van der Waals surface area contributed by atoms with Crippen molar-refractivity contribution in [2.24, 2.45) is 0 Å². The van der Waals surface area contributed by atoms with Crippen molar-refractivity contribution in [3.63, 3.8) is 0 Å². The van der Waals surface area contributed by atoms with Crippen LogP contribution in [0.5, 0.6) is 5.75 Å². The number of hydrogen-bond donors (Lipinski definition) is 3. The summed E-state index contributed by atoms with van der Waals surface area (Å²) in [6, 6.07) is 6.68. The molecule has 0 atom stereocenters. The Morgan fingerprint density at radius 2 is 1.78 bits per heavy atom. The molecule has 0 aliphatic carbocycles. The number of nitrogens with one attached hydrogen (secondary N) is 3. The molecular formula is C17H24BrN5O3S. The highest BCUT2D eigenvalue weighted by Crippen LogP contribution is 2.27. The minimum atomic E-state index is -3.71. The fourth-order valence-electron chi connectivity index (χ4n) is 2.35. The molecule has 3 N–H and O–H groups in total. The molecule has 10 heteroatoms. The maximum absolute atomic E-state index is 12.6. The van der Waals surface area contributed by atoms with E-state index < -0.39 is 10.0 Å². The lowest BCUT2D eigenvalue weighted by Gasteiger charge is -2.13. The molecule has 0 bridgehead atoms. The zero-order valence-electron chi connectivity index (χ0n) is 15.5. The third-order valence-corrected chi connectivity index (χ3v) is 5.39. The number of nitrogens with zero attached hydrogens (tertiary/aromatic N) is 2. The Kier molecular flexibility index (Phi) is 7.81. The van der Waals surface area contributed by atoms with Gasteiger partial charge in [-0.15, -0.1) is 0 Å². The van der Waals surface area contributed by atoms with Gasteiger partial charge in [-0.1, -0.05) is 15.9 Å². The molecule has 8 nitrogen and oxygen atoms in total. The summed E-state index contributed by atoms with van der Waals surface area (Å²) < 4.78 is 33.9. The largest absolute Gasteiger partial charge is 0.492 e. The Morgan fingerprint density at radius 3 is 2.44 bits per heavy atom. The second kappa shape index (κ2) is 9.86. The molecule has 148 valence electrons. The summed E-state index contributed by atoms with van der Waals surface area (Å²) in [5.74, 6) is 2.31. The van der Waals surface area contributed by atoms with Gasteiger partial charge in [0, 0.05) is 30.2 Å². The highest BCUT2D eigenvalue weighted by Gasteiger charge is 2.19. The van der Waals surface area contributed by atoms with Gasteiger partial charge in [0.2, 0.25) is 10.0 Å². The average Bonchev–Trinajstić information content (AvgIpc) is 2.60. The van der Waals surface area contributed by atoms with Crippen LogP contribution in [-0.4, -0.2) is 44.6 Å². The monoisotopic (exact) mass is 457 g/mol. The van der Waals surface area contributed by atoms with Crippen LogP contribution in [0.25, 0.3) is 0 Å². The van der Waals surface area contributed by atoms with Gasteiger partial charge in [-0.3, -0.25) is 0 Å². The van der Waals surface area contributed by atoms with Crippen LogP contribution in [0.4, 0.5) is 11.6 Å². The van der Waals surface area contributed by atoms with E-state index in [0.29, 0.717) is 35.0 Å². The van der Waals surface area contributed by atoms with E-state index in [1.54, 1.807) is 32.0 Å². The van der Waals surface area contributed by atoms with Gasteiger partial charge in [0.15, 0.2) is 0 Å². The van der Waals surface area contributed by atoms with E-state index in [-0.39, 0.29) is 11.4 Å². The zero-order valence-corrected chi connectivity index (χ0v) is 17.9. The van der Waals surface area contributed by atoms with E-state index in [0.717, 1.165) is 12.4 Å². The van der Waals surface area contributed by atoms with Crippen molar-refractivity contribution in [3.8, 4) is 5.75 Å². The third kappa shape index (κ3) is 6.33. The first-order chi connectivity index (χ1) is 12.9. The summed E-state index contributed by atoms with van der Waals surface area (Å²) in [6.45, 7) is 7.30. The number of anilines is 2. The smallest absolute Gasteiger partial charge is 0.244 e. The molecule has 1 aromatic carbocycles. The number of halogens is 1. The van der Waals surface area contributed by atoms with Crippen LogP contribution >= 0.6 is 15.9 Å². The van der Waals surface area contributed by atoms with Gasteiger partial charge >= 0.3 is 0 Å². The summed E-state index contributed by atoms with van der Waals surface area (Å²) in [6.07, 6.45) is 0. The molecule has 0 aliphatic rings. The molecule has 0 spiro atoms. The lowest BCUT2D eigenvalue weighted by molar-refractivity contribution is 0.331. The van der Waals surface area contributed by atoms with Crippen LogP contribution in [0.15, 0.2) is 33.6 Å². The predicted octanol–water partition coefficient (Wildman–Crippen LogP) is 2.77. The quantitative estimate of drug-likeness (QED) is 0.470. The van der Waals surface area contributed by atoms with Crippen LogP contribution in [0.2, 0.25) is 0 Å². The molecule has 0 amide bonds. The summed E-state index contributed by atoms with van der Waals surface area (Å²) in [4.78, 5) is 8.67. The van der Waals surface area contributed by atoms with Gasteiger partial charge < -0.3 is 15.4 Å². The van der Waals surface area contributed by atoms with Crippen molar-refractivity contribution in [2.75, 3.05) is 36.9 Å². The molecule has 0 aliphatic heterocycles. The van der Waals surface area contributed by atoms with Crippen molar-refractivity contribution in [1.82, 2.24) is 14.7 Å². The number of aryl methyl sites for hydroxylation is 1. The molecule has 0 unspecified atom stereocenters. The molecule has 0 fully saturated rings. The average molecular weight is 458 g/mol. The summed E-state index contributed by atoms with van der Waals surface area (Å²) in [5, 5.41) is 6.23. The topological polar surface area (TPSA) is 105 Å². The molecule has 1 aromatic heterocycles. The van der Waals surface area contributed by atoms with Gasteiger partial charge in [0.25, 0.3) is 0 Å². The predicted molar refractivity (Wildman–Crippen MR) is 110 cm³/mol. The van der Waals surface area contributed by atoms with Crippen molar-refractivity contribution < 1.29 is 13.2 Å². The molecule has 0 saturated carbocycles. The van der Waals surface area contributed by atoms with Gasteiger partial charge in [-0.05, 0) is 39.0 Å². The van der Waals surface area contributed by atoms with E-state index in [1.807, 2.05) is 6.92 Å². The summed E-state index contributed by atoms with van der Waals surface area (Å²) in [5.41, 5.74) is 0. The van der Waals surface area contributed by atoms with Gasteiger partial charge in [-0.2, -0.15) is 0 Å². The Labute approximate surface area is 168 Å². The zero-order chi connectivity index (χ0) is 19.9. The normalized spacial score (nSPS) is 11.3. The minimum absolute atomic E-state index is 0.103. The van der Waals surface area contributed by atoms with E-state index in [1.165, 1.54) is 6.07 Å². The van der Waals surface area contributed by atoms with E-state index >= 15 is 0 Å². The molecule has 2 aromatic rings. The lowest BCUT2D eigenvalue weighted by atomic mass is 10.3. The second-order valence-corrected chi connectivity index (χ2v) is 8.22. The van der Waals surface area contributed by atoms with Crippen molar-refractivity contribution in [3.05, 3.63) is 34.6 Å². The highest BCUT2D eigenvalue weighted by atomic mass is 79.9. The number of aromatic nitrogens is 2. The lowest BCUT2D eigenvalue weighted by Crippen LogP contribution is -2.29. The number of benzene rings is 1. The second-order valence-electron chi connectivity index (χ2n) is 5.56. The molecule has 27 heavy (non-hydrogen) atoms. The van der Waals surface area contributed by atoms with Crippen LogP contribution < -0.4 is 20.1 Å². The van der Waals surface area contributed by atoms with Crippen LogP contribution in [-0.2, 0) is 10.0 Å². The number of hydrogen-bond acceptors (Lipinski definition) is 7. The van der Waals surface area contributed by atoms with Gasteiger partial charge in [0.1, 0.15) is 28.1 Å².